The van der Waals surface area contributed by atoms with E-state index in [9.17, 15) is 0 Å². The molecule has 0 radical (unpaired) electrons. The molecule has 0 bridgehead atoms. The number of nitrogens with two attached hydrogens (primary N) is 1. The maximum Gasteiger partial charge on any atom is 0.238 e. The largest absolute Gasteiger partial charge is 0.292 e. The number of unbranched alkanes of at least 4 members (excludes halogenated alkanes) is 2. The summed E-state index contributed by atoms with van der Waals surface area (Å²) in [6.45, 7) is 2.21. The van der Waals surface area contributed by atoms with E-state index in [2.05, 4.69) is 28.4 Å². The van der Waals surface area contributed by atoms with E-state index in [1.165, 1.54) is 19.3 Å². The summed E-state index contributed by atoms with van der Waals surface area (Å²) in [6, 6.07) is 8.02. The van der Waals surface area contributed by atoms with Gasteiger partial charge < -0.3 is 0 Å². The Morgan fingerprint density at radius 3 is 2.83 bits per heavy atom. The molecule has 1 aromatic heterocycles. The molecule has 96 valence electrons. The van der Waals surface area contributed by atoms with Gasteiger partial charge in [-0.1, -0.05) is 38.0 Å². The molecule has 0 spiro atoms. The summed E-state index contributed by atoms with van der Waals surface area (Å²) in [7, 11) is 0. The molecule has 0 amide bonds. The average Bonchev–Trinajstić information content (AvgIpc) is 2.43. The highest BCUT2D eigenvalue weighted by atomic mass is 32.2. The molecule has 0 atom stereocenters. The van der Waals surface area contributed by atoms with Gasteiger partial charge in [0.25, 0.3) is 0 Å². The number of aromatic nitrogens is 2. The van der Waals surface area contributed by atoms with Gasteiger partial charge in [0.2, 0.25) is 5.95 Å². The molecule has 2 rings (SSSR count). The number of hydrogen-bond acceptors (Lipinski definition) is 5. The molecular formula is C13H18N4S. The zero-order valence-corrected chi connectivity index (χ0v) is 11.3. The first-order valence-corrected chi connectivity index (χ1v) is 7.20. The molecule has 0 saturated heterocycles. The standard InChI is InChI=1S/C13H18N4S/c1-2-3-6-9-18-12-10-7-4-5-8-11(10)15-13(16-12)17-14/h4-5,7-8H,2-3,6,9,14H2,1H3,(H,15,16,17). The van der Waals surface area contributed by atoms with Crippen LogP contribution in [0.3, 0.4) is 0 Å². The van der Waals surface area contributed by atoms with Crippen molar-refractivity contribution in [2.75, 3.05) is 11.2 Å². The van der Waals surface area contributed by atoms with Gasteiger partial charge in [-0.3, -0.25) is 5.43 Å². The second-order valence-electron chi connectivity index (χ2n) is 4.07. The topological polar surface area (TPSA) is 63.8 Å². The van der Waals surface area contributed by atoms with Crippen molar-refractivity contribution in [3.05, 3.63) is 24.3 Å². The van der Waals surface area contributed by atoms with E-state index >= 15 is 0 Å². The highest BCUT2D eigenvalue weighted by molar-refractivity contribution is 7.99. The van der Waals surface area contributed by atoms with E-state index in [0.29, 0.717) is 5.95 Å². The molecule has 0 aliphatic heterocycles. The maximum atomic E-state index is 5.40. The molecule has 0 aliphatic carbocycles. The lowest BCUT2D eigenvalue weighted by molar-refractivity contribution is 0.778. The predicted octanol–water partition coefficient (Wildman–Crippen LogP) is 3.20. The Balaban J connectivity index is 2.23. The molecule has 0 unspecified atom stereocenters. The Morgan fingerprint density at radius 1 is 1.22 bits per heavy atom. The van der Waals surface area contributed by atoms with E-state index in [1.54, 1.807) is 11.8 Å². The van der Waals surface area contributed by atoms with E-state index < -0.39 is 0 Å². The quantitative estimate of drug-likeness (QED) is 0.275. The van der Waals surface area contributed by atoms with Gasteiger partial charge in [0, 0.05) is 5.39 Å². The summed E-state index contributed by atoms with van der Waals surface area (Å²) in [5.41, 5.74) is 3.45. The van der Waals surface area contributed by atoms with Gasteiger partial charge in [-0.15, -0.1) is 11.8 Å². The molecule has 3 N–H and O–H groups in total. The van der Waals surface area contributed by atoms with Crippen molar-refractivity contribution < 1.29 is 0 Å². The zero-order chi connectivity index (χ0) is 12.8. The summed E-state index contributed by atoms with van der Waals surface area (Å²) in [5, 5.41) is 2.10. The van der Waals surface area contributed by atoms with Gasteiger partial charge in [-0.05, 0) is 18.2 Å². The minimum absolute atomic E-state index is 0.478. The van der Waals surface area contributed by atoms with Gasteiger partial charge in [-0.2, -0.15) is 0 Å². The molecule has 1 heterocycles. The lowest BCUT2D eigenvalue weighted by atomic mass is 10.2. The Morgan fingerprint density at radius 2 is 2.06 bits per heavy atom. The summed E-state index contributed by atoms with van der Waals surface area (Å²) in [5.74, 6) is 6.96. The van der Waals surface area contributed by atoms with Crippen LogP contribution < -0.4 is 11.3 Å². The monoisotopic (exact) mass is 262 g/mol. The number of benzene rings is 1. The minimum atomic E-state index is 0.478. The van der Waals surface area contributed by atoms with E-state index in [0.717, 1.165) is 21.7 Å². The Labute approximate surface area is 111 Å². The average molecular weight is 262 g/mol. The number of hydrogen-bond donors (Lipinski definition) is 2. The number of rotatable bonds is 6. The summed E-state index contributed by atoms with van der Waals surface area (Å²) >= 11 is 1.77. The summed E-state index contributed by atoms with van der Waals surface area (Å²) < 4.78 is 0. The molecule has 18 heavy (non-hydrogen) atoms. The van der Waals surface area contributed by atoms with E-state index in [1.807, 2.05) is 18.2 Å². The van der Waals surface area contributed by atoms with Crippen LogP contribution in [0.4, 0.5) is 5.95 Å². The van der Waals surface area contributed by atoms with Crippen LogP contribution >= 0.6 is 11.8 Å². The summed E-state index contributed by atoms with van der Waals surface area (Å²) in [4.78, 5) is 8.77. The minimum Gasteiger partial charge on any atom is -0.292 e. The number of nitrogens with one attached hydrogen (secondary N) is 1. The number of fused-ring (bicyclic) bond motifs is 1. The molecule has 0 aliphatic rings. The van der Waals surface area contributed by atoms with E-state index in [-0.39, 0.29) is 0 Å². The Hall–Kier alpha value is -1.33. The van der Waals surface area contributed by atoms with Crippen molar-refractivity contribution >= 4 is 28.6 Å². The van der Waals surface area contributed by atoms with Crippen LogP contribution in [0.2, 0.25) is 0 Å². The van der Waals surface area contributed by atoms with Gasteiger partial charge in [-0.25, -0.2) is 15.8 Å². The van der Waals surface area contributed by atoms with Crippen molar-refractivity contribution in [3.63, 3.8) is 0 Å². The van der Waals surface area contributed by atoms with Crippen molar-refractivity contribution in [2.24, 2.45) is 5.84 Å². The SMILES string of the molecule is CCCCCSc1nc(NN)nc2ccccc12. The number of thioether (sulfide) groups is 1. The smallest absolute Gasteiger partial charge is 0.238 e. The predicted molar refractivity (Wildman–Crippen MR) is 77.6 cm³/mol. The van der Waals surface area contributed by atoms with Gasteiger partial charge in [0.15, 0.2) is 0 Å². The molecule has 0 saturated carbocycles. The highest BCUT2D eigenvalue weighted by Crippen LogP contribution is 2.27. The fraction of sp³-hybridized carbons (Fsp3) is 0.385. The van der Waals surface area contributed by atoms with Crippen LogP contribution in [0.25, 0.3) is 10.9 Å². The van der Waals surface area contributed by atoms with Crippen LogP contribution in [0, 0.1) is 0 Å². The van der Waals surface area contributed by atoms with Crippen LogP contribution in [-0.2, 0) is 0 Å². The van der Waals surface area contributed by atoms with Crippen LogP contribution in [0.1, 0.15) is 26.2 Å². The molecule has 1 aromatic carbocycles. The number of para-hydroxylation sites is 1. The number of anilines is 1. The maximum absolute atomic E-state index is 5.40. The normalized spacial score (nSPS) is 10.8. The van der Waals surface area contributed by atoms with Crippen molar-refractivity contribution in [3.8, 4) is 0 Å². The van der Waals surface area contributed by atoms with E-state index in [4.69, 9.17) is 5.84 Å². The third-order valence-electron chi connectivity index (χ3n) is 2.68. The zero-order valence-electron chi connectivity index (χ0n) is 10.5. The number of hydrazine groups is 1. The van der Waals surface area contributed by atoms with Crippen LogP contribution in [0.5, 0.6) is 0 Å². The van der Waals surface area contributed by atoms with Crippen molar-refractivity contribution in [1.82, 2.24) is 9.97 Å². The first kappa shape index (κ1) is 13.1. The van der Waals surface area contributed by atoms with Crippen molar-refractivity contribution in [2.45, 2.75) is 31.2 Å². The fourth-order valence-electron chi connectivity index (χ4n) is 1.74. The Bertz CT molecular complexity index is 515. The highest BCUT2D eigenvalue weighted by Gasteiger charge is 2.06. The van der Waals surface area contributed by atoms with Crippen molar-refractivity contribution in [1.29, 1.82) is 0 Å². The number of nitrogen functional groups attached to an aromatic ring is 1. The van der Waals surface area contributed by atoms with Gasteiger partial charge >= 0.3 is 0 Å². The van der Waals surface area contributed by atoms with Gasteiger partial charge in [0.1, 0.15) is 5.03 Å². The first-order chi connectivity index (χ1) is 8.85. The third-order valence-corrected chi connectivity index (χ3v) is 3.76. The van der Waals surface area contributed by atoms with Gasteiger partial charge in [0.05, 0.1) is 5.52 Å². The van der Waals surface area contributed by atoms with Crippen LogP contribution in [0.15, 0.2) is 29.3 Å². The Kier molecular flexibility index (Phi) is 4.78. The first-order valence-electron chi connectivity index (χ1n) is 6.21. The fourth-order valence-corrected chi connectivity index (χ4v) is 2.76. The third kappa shape index (κ3) is 3.11. The second kappa shape index (κ2) is 6.56. The second-order valence-corrected chi connectivity index (χ2v) is 5.15. The van der Waals surface area contributed by atoms with Crippen LogP contribution in [-0.4, -0.2) is 15.7 Å². The molecule has 5 heteroatoms. The lowest BCUT2D eigenvalue weighted by Crippen LogP contribution is -2.11. The molecular weight excluding hydrogens is 244 g/mol. The number of nitrogens with zero attached hydrogens (tertiary/aromatic N) is 2. The molecule has 0 fully saturated rings. The molecule has 4 nitrogen and oxygen atoms in total. The lowest BCUT2D eigenvalue weighted by Gasteiger charge is -2.07. The summed E-state index contributed by atoms with van der Waals surface area (Å²) in [6.07, 6.45) is 3.71. The molecule has 2 aromatic rings.